The molecule has 0 bridgehead atoms. The maximum absolute atomic E-state index is 11.9. The predicted molar refractivity (Wildman–Crippen MR) is 80.4 cm³/mol. The number of hydrogen-bond donors (Lipinski definition) is 0. The summed E-state index contributed by atoms with van der Waals surface area (Å²) in [6, 6.07) is 4.10. The minimum absolute atomic E-state index is 0.147. The summed E-state index contributed by atoms with van der Waals surface area (Å²) in [5.41, 5.74) is -0.954. The molecule has 1 aliphatic rings. The van der Waals surface area contributed by atoms with Crippen molar-refractivity contribution in [1.82, 2.24) is 0 Å². The van der Waals surface area contributed by atoms with E-state index < -0.39 is 33.5 Å². The molecule has 0 aromatic heterocycles. The first-order valence-corrected chi connectivity index (χ1v) is 7.74. The van der Waals surface area contributed by atoms with Gasteiger partial charge in [0.05, 0.1) is 19.8 Å². The Hall–Kier alpha value is -2.39. The summed E-state index contributed by atoms with van der Waals surface area (Å²) in [5, 5.41) is 0.213. The standard InChI is InChI=1S/C13H10ClNO7S/c1-20-12(16)9-5-7-3-4-8(14)6-10(7)22-23(18,19)15-11(9)13(17)21-2/h3-6H,1-2H3/b9-5+,15-11+. The summed E-state index contributed by atoms with van der Waals surface area (Å²) in [4.78, 5) is 23.7. The second kappa shape index (κ2) is 6.39. The van der Waals surface area contributed by atoms with Gasteiger partial charge in [-0.25, -0.2) is 9.59 Å². The van der Waals surface area contributed by atoms with E-state index in [0.29, 0.717) is 0 Å². The highest BCUT2D eigenvalue weighted by Crippen LogP contribution is 2.29. The van der Waals surface area contributed by atoms with Gasteiger partial charge in [0.15, 0.2) is 11.5 Å². The summed E-state index contributed by atoms with van der Waals surface area (Å²) in [7, 11) is -2.48. The molecule has 0 fully saturated rings. The molecule has 0 aliphatic carbocycles. The third-order valence-corrected chi connectivity index (χ3v) is 3.74. The second-order valence-electron chi connectivity index (χ2n) is 4.17. The van der Waals surface area contributed by atoms with Crippen molar-refractivity contribution in [3.05, 3.63) is 34.4 Å². The molecular weight excluding hydrogens is 350 g/mol. The van der Waals surface area contributed by atoms with E-state index in [2.05, 4.69) is 13.9 Å². The van der Waals surface area contributed by atoms with Crippen molar-refractivity contribution in [2.24, 2.45) is 4.40 Å². The van der Waals surface area contributed by atoms with Crippen LogP contribution in [0.5, 0.6) is 5.75 Å². The molecule has 122 valence electrons. The molecule has 1 aliphatic heterocycles. The van der Waals surface area contributed by atoms with Crippen LogP contribution >= 0.6 is 11.6 Å². The number of benzene rings is 1. The highest BCUT2D eigenvalue weighted by atomic mass is 35.5. The third-order valence-electron chi connectivity index (χ3n) is 2.71. The molecule has 0 saturated heterocycles. The van der Waals surface area contributed by atoms with Crippen molar-refractivity contribution in [3.8, 4) is 5.75 Å². The molecule has 0 spiro atoms. The molecule has 0 amide bonds. The molecule has 1 heterocycles. The molecule has 0 unspecified atom stereocenters. The van der Waals surface area contributed by atoms with Crippen LogP contribution < -0.4 is 4.18 Å². The van der Waals surface area contributed by atoms with Crippen molar-refractivity contribution in [2.75, 3.05) is 14.2 Å². The zero-order valence-electron chi connectivity index (χ0n) is 11.9. The lowest BCUT2D eigenvalue weighted by molar-refractivity contribution is -0.137. The van der Waals surface area contributed by atoms with Crippen LogP contribution in [0.3, 0.4) is 0 Å². The fourth-order valence-electron chi connectivity index (χ4n) is 1.73. The number of fused-ring (bicyclic) bond motifs is 1. The van der Waals surface area contributed by atoms with Crippen LogP contribution in [0.15, 0.2) is 28.2 Å². The number of esters is 2. The first-order valence-electron chi connectivity index (χ1n) is 6.00. The normalized spacial score (nSPS) is 20.3. The first-order chi connectivity index (χ1) is 10.8. The van der Waals surface area contributed by atoms with E-state index in [1.807, 2.05) is 0 Å². The smallest absolute Gasteiger partial charge is 0.429 e. The Balaban J connectivity index is 2.79. The van der Waals surface area contributed by atoms with E-state index >= 15 is 0 Å². The molecule has 10 heteroatoms. The fraction of sp³-hybridized carbons (Fsp3) is 0.154. The highest BCUT2D eigenvalue weighted by Gasteiger charge is 2.30. The molecule has 0 saturated carbocycles. The third kappa shape index (κ3) is 3.69. The zero-order valence-corrected chi connectivity index (χ0v) is 13.5. The Morgan fingerprint density at radius 2 is 1.83 bits per heavy atom. The number of carbonyl (C=O) groups is 2. The van der Waals surface area contributed by atoms with Crippen LogP contribution in [0.2, 0.25) is 5.02 Å². The Bertz CT molecular complexity index is 842. The lowest BCUT2D eigenvalue weighted by Gasteiger charge is -2.14. The van der Waals surface area contributed by atoms with E-state index in [0.717, 1.165) is 14.2 Å². The highest BCUT2D eigenvalue weighted by molar-refractivity contribution is 7.86. The summed E-state index contributed by atoms with van der Waals surface area (Å²) in [6.07, 6.45) is 1.20. The Morgan fingerprint density at radius 3 is 2.43 bits per heavy atom. The van der Waals surface area contributed by atoms with Gasteiger partial charge >= 0.3 is 22.2 Å². The first kappa shape index (κ1) is 17.0. The van der Waals surface area contributed by atoms with Crippen LogP contribution in [0.4, 0.5) is 0 Å². The second-order valence-corrected chi connectivity index (χ2v) is 5.82. The molecule has 1 aromatic rings. The minimum atomic E-state index is -4.57. The summed E-state index contributed by atoms with van der Waals surface area (Å²) in [6.45, 7) is 0. The Kier molecular flexibility index (Phi) is 4.71. The van der Waals surface area contributed by atoms with Crippen molar-refractivity contribution < 1.29 is 31.7 Å². The van der Waals surface area contributed by atoms with Crippen molar-refractivity contribution in [3.63, 3.8) is 0 Å². The van der Waals surface area contributed by atoms with E-state index in [-0.39, 0.29) is 16.3 Å². The van der Waals surface area contributed by atoms with Crippen molar-refractivity contribution >= 4 is 45.6 Å². The fourth-order valence-corrected chi connectivity index (χ4v) is 2.69. The van der Waals surface area contributed by atoms with Gasteiger partial charge in [0.1, 0.15) is 0 Å². The average Bonchev–Trinajstić information content (AvgIpc) is 2.49. The molecule has 0 radical (unpaired) electrons. The van der Waals surface area contributed by atoms with Crippen molar-refractivity contribution in [1.29, 1.82) is 0 Å². The van der Waals surface area contributed by atoms with Crippen LogP contribution in [0.25, 0.3) is 6.08 Å². The number of nitrogens with zero attached hydrogens (tertiary/aromatic N) is 1. The van der Waals surface area contributed by atoms with E-state index in [4.69, 9.17) is 15.8 Å². The lowest BCUT2D eigenvalue weighted by atomic mass is 10.1. The number of halogens is 1. The predicted octanol–water partition coefficient (Wildman–Crippen LogP) is 1.15. The van der Waals surface area contributed by atoms with Gasteiger partial charge in [-0.15, -0.1) is 4.40 Å². The van der Waals surface area contributed by atoms with Gasteiger partial charge in [-0.1, -0.05) is 11.6 Å². The molecule has 8 nitrogen and oxygen atoms in total. The van der Waals surface area contributed by atoms with Gasteiger partial charge in [-0.3, -0.25) is 0 Å². The lowest BCUT2D eigenvalue weighted by Crippen LogP contribution is -2.27. The number of carbonyl (C=O) groups excluding carboxylic acids is 2. The number of hydrogen-bond acceptors (Lipinski definition) is 7. The average molecular weight is 360 g/mol. The molecule has 0 N–H and O–H groups in total. The topological polar surface area (TPSA) is 108 Å². The van der Waals surface area contributed by atoms with Gasteiger partial charge in [-0.05, 0) is 18.2 Å². The maximum atomic E-state index is 11.9. The van der Waals surface area contributed by atoms with Crippen LogP contribution in [-0.4, -0.2) is 40.3 Å². The zero-order chi connectivity index (χ0) is 17.2. The van der Waals surface area contributed by atoms with Gasteiger partial charge in [0.25, 0.3) is 0 Å². The molecule has 23 heavy (non-hydrogen) atoms. The van der Waals surface area contributed by atoms with Gasteiger partial charge in [0, 0.05) is 16.7 Å². The van der Waals surface area contributed by atoms with Gasteiger partial charge in [-0.2, -0.15) is 8.42 Å². The van der Waals surface area contributed by atoms with Crippen molar-refractivity contribution in [2.45, 2.75) is 0 Å². The Morgan fingerprint density at radius 1 is 1.17 bits per heavy atom. The molecule has 0 atom stereocenters. The number of rotatable bonds is 2. The molecular formula is C13H10ClNO7S. The van der Waals surface area contributed by atoms with E-state index in [9.17, 15) is 18.0 Å². The Labute approximate surface area is 136 Å². The number of ether oxygens (including phenoxy) is 2. The largest absolute Gasteiger partial charge is 0.465 e. The monoisotopic (exact) mass is 359 g/mol. The van der Waals surface area contributed by atoms with E-state index in [1.165, 1.54) is 24.3 Å². The SMILES string of the molecule is COC(=O)C1=C/c2ccc(Cl)cc2OS(=O)(=O)/N=C\1C(=O)OC. The number of methoxy groups -OCH3 is 2. The minimum Gasteiger partial charge on any atom is -0.465 e. The molecule has 1 aromatic carbocycles. The van der Waals surface area contributed by atoms with Gasteiger partial charge < -0.3 is 13.7 Å². The molecule has 2 rings (SSSR count). The summed E-state index contributed by atoms with van der Waals surface area (Å²) >= 11 is 5.79. The van der Waals surface area contributed by atoms with Crippen LogP contribution in [0.1, 0.15) is 5.56 Å². The summed E-state index contributed by atoms with van der Waals surface area (Å²) < 4.78 is 40.9. The van der Waals surface area contributed by atoms with Crippen LogP contribution in [0, 0.1) is 0 Å². The van der Waals surface area contributed by atoms with Gasteiger partial charge in [0.2, 0.25) is 0 Å². The summed E-state index contributed by atoms with van der Waals surface area (Å²) in [5.74, 6) is -2.25. The van der Waals surface area contributed by atoms with Crippen LogP contribution in [-0.2, 0) is 29.4 Å². The maximum Gasteiger partial charge on any atom is 0.429 e. The quantitative estimate of drug-likeness (QED) is 0.728. The van der Waals surface area contributed by atoms with E-state index in [1.54, 1.807) is 0 Å².